The Morgan fingerprint density at radius 1 is 1.50 bits per heavy atom. The van der Waals surface area contributed by atoms with Gasteiger partial charge in [0.1, 0.15) is 0 Å². The zero-order valence-electron chi connectivity index (χ0n) is 10.2. The second kappa shape index (κ2) is 6.00. The van der Waals surface area contributed by atoms with Crippen molar-refractivity contribution < 1.29 is 9.90 Å². The molecule has 4 nitrogen and oxygen atoms in total. The average Bonchev–Trinajstić information content (AvgIpc) is 2.38. The van der Waals surface area contributed by atoms with Crippen LogP contribution in [0.1, 0.15) is 29.6 Å². The normalized spacial score (nSPS) is 19.4. The minimum absolute atomic E-state index is 0.163. The lowest BCUT2D eigenvalue weighted by atomic mass is 10.1. The number of thioether (sulfide) groups is 1. The number of nitrogen functional groups attached to an aromatic ring is 1. The largest absolute Gasteiger partial charge is 0.478 e. The number of anilines is 2. The van der Waals surface area contributed by atoms with Crippen LogP contribution in [0.5, 0.6) is 0 Å². The number of aromatic carboxylic acids is 1. The third-order valence-corrected chi connectivity index (χ3v) is 4.49. The lowest BCUT2D eigenvalue weighted by molar-refractivity contribution is 0.0698. The predicted octanol–water partition coefficient (Wildman–Crippen LogP) is 2.66. The minimum Gasteiger partial charge on any atom is -0.478 e. The van der Waals surface area contributed by atoms with E-state index in [1.54, 1.807) is 12.1 Å². The maximum Gasteiger partial charge on any atom is 0.337 e. The van der Waals surface area contributed by atoms with E-state index < -0.39 is 5.97 Å². The number of nitrogens with one attached hydrogen (secondary N) is 1. The molecule has 1 atom stereocenters. The van der Waals surface area contributed by atoms with Crippen LogP contribution in [-0.2, 0) is 0 Å². The SMILES string of the molecule is Nc1ccc(NCC2CCCCS2)cc1C(=O)O. The van der Waals surface area contributed by atoms with E-state index in [2.05, 4.69) is 5.32 Å². The second-order valence-electron chi connectivity index (χ2n) is 4.48. The van der Waals surface area contributed by atoms with Crippen LogP contribution in [0.4, 0.5) is 11.4 Å². The molecule has 2 rings (SSSR count). The van der Waals surface area contributed by atoms with Crippen molar-refractivity contribution in [2.75, 3.05) is 23.3 Å². The van der Waals surface area contributed by atoms with Gasteiger partial charge in [0, 0.05) is 23.2 Å². The van der Waals surface area contributed by atoms with E-state index in [1.165, 1.54) is 25.0 Å². The summed E-state index contributed by atoms with van der Waals surface area (Å²) in [5.74, 6) is 0.247. The number of hydrogen-bond donors (Lipinski definition) is 3. The van der Waals surface area contributed by atoms with Gasteiger partial charge in [-0.1, -0.05) is 6.42 Å². The first-order valence-electron chi connectivity index (χ1n) is 6.15. The van der Waals surface area contributed by atoms with Gasteiger partial charge in [-0.2, -0.15) is 11.8 Å². The minimum atomic E-state index is -0.983. The third-order valence-electron chi connectivity index (χ3n) is 3.09. The number of benzene rings is 1. The topological polar surface area (TPSA) is 75.3 Å². The fraction of sp³-hybridized carbons (Fsp3) is 0.462. The zero-order valence-corrected chi connectivity index (χ0v) is 11.0. The van der Waals surface area contributed by atoms with Gasteiger partial charge < -0.3 is 16.2 Å². The number of rotatable bonds is 4. The van der Waals surface area contributed by atoms with Crippen LogP contribution >= 0.6 is 11.8 Å². The highest BCUT2D eigenvalue weighted by molar-refractivity contribution is 7.99. The van der Waals surface area contributed by atoms with E-state index >= 15 is 0 Å². The Labute approximate surface area is 111 Å². The van der Waals surface area contributed by atoms with Gasteiger partial charge in [-0.05, 0) is 36.8 Å². The Bertz CT molecular complexity index is 431. The molecule has 1 aromatic carbocycles. The molecule has 0 aromatic heterocycles. The molecule has 1 aromatic rings. The van der Waals surface area contributed by atoms with Gasteiger partial charge in [-0.3, -0.25) is 0 Å². The zero-order chi connectivity index (χ0) is 13.0. The Kier molecular flexibility index (Phi) is 4.36. The van der Waals surface area contributed by atoms with Crippen molar-refractivity contribution in [3.05, 3.63) is 23.8 Å². The summed E-state index contributed by atoms with van der Waals surface area (Å²) < 4.78 is 0. The maximum absolute atomic E-state index is 11.0. The Hall–Kier alpha value is -1.36. The van der Waals surface area contributed by atoms with Crippen LogP contribution in [0.15, 0.2) is 18.2 Å². The first-order chi connectivity index (χ1) is 8.66. The smallest absolute Gasteiger partial charge is 0.337 e. The lowest BCUT2D eigenvalue weighted by Gasteiger charge is -2.22. The molecule has 1 unspecified atom stereocenters. The van der Waals surface area contributed by atoms with Gasteiger partial charge in [0.05, 0.1) is 5.56 Å². The third kappa shape index (κ3) is 3.32. The maximum atomic E-state index is 11.0. The van der Waals surface area contributed by atoms with Crippen LogP contribution in [0.2, 0.25) is 0 Å². The molecular formula is C13H18N2O2S. The molecule has 0 bridgehead atoms. The van der Waals surface area contributed by atoms with Crippen molar-refractivity contribution in [2.45, 2.75) is 24.5 Å². The second-order valence-corrected chi connectivity index (χ2v) is 5.88. The van der Waals surface area contributed by atoms with Gasteiger partial charge in [0.25, 0.3) is 0 Å². The van der Waals surface area contributed by atoms with Crippen LogP contribution in [0.3, 0.4) is 0 Å². The quantitative estimate of drug-likeness (QED) is 0.730. The number of carbonyl (C=O) groups is 1. The molecule has 0 aliphatic carbocycles. The predicted molar refractivity (Wildman–Crippen MR) is 76.4 cm³/mol. The van der Waals surface area contributed by atoms with Gasteiger partial charge >= 0.3 is 5.97 Å². The molecule has 18 heavy (non-hydrogen) atoms. The molecule has 0 spiro atoms. The Balaban J connectivity index is 1.96. The molecule has 1 heterocycles. The monoisotopic (exact) mass is 266 g/mol. The summed E-state index contributed by atoms with van der Waals surface area (Å²) in [4.78, 5) is 11.0. The highest BCUT2D eigenvalue weighted by atomic mass is 32.2. The first kappa shape index (κ1) is 13.1. The molecule has 0 radical (unpaired) electrons. The highest BCUT2D eigenvalue weighted by Crippen LogP contribution is 2.25. The Morgan fingerprint density at radius 3 is 3.00 bits per heavy atom. The number of carboxylic acids is 1. The molecule has 0 saturated carbocycles. The van der Waals surface area contributed by atoms with Crippen molar-refractivity contribution in [3.63, 3.8) is 0 Å². The summed E-state index contributed by atoms with van der Waals surface area (Å²) in [6.45, 7) is 0.883. The van der Waals surface area contributed by atoms with Crippen LogP contribution in [0.25, 0.3) is 0 Å². The fourth-order valence-electron chi connectivity index (χ4n) is 2.05. The molecule has 1 saturated heterocycles. The molecule has 0 amide bonds. The summed E-state index contributed by atoms with van der Waals surface area (Å²) in [6, 6.07) is 5.07. The molecular weight excluding hydrogens is 248 g/mol. The van der Waals surface area contributed by atoms with E-state index in [0.29, 0.717) is 10.9 Å². The molecule has 4 N–H and O–H groups in total. The highest BCUT2D eigenvalue weighted by Gasteiger charge is 2.14. The van der Waals surface area contributed by atoms with Crippen molar-refractivity contribution >= 4 is 29.1 Å². The summed E-state index contributed by atoms with van der Waals surface area (Å²) >= 11 is 1.99. The first-order valence-corrected chi connectivity index (χ1v) is 7.20. The van der Waals surface area contributed by atoms with Gasteiger partial charge in [0.2, 0.25) is 0 Å². The average molecular weight is 266 g/mol. The summed E-state index contributed by atoms with van der Waals surface area (Å²) in [5.41, 5.74) is 6.91. The fourth-order valence-corrected chi connectivity index (χ4v) is 3.29. The summed E-state index contributed by atoms with van der Waals surface area (Å²) in [5, 5.41) is 12.9. The van der Waals surface area contributed by atoms with Crippen LogP contribution in [-0.4, -0.2) is 28.6 Å². The number of nitrogens with two attached hydrogens (primary N) is 1. The molecule has 98 valence electrons. The summed E-state index contributed by atoms with van der Waals surface area (Å²) in [6.07, 6.45) is 3.84. The van der Waals surface area contributed by atoms with Crippen molar-refractivity contribution in [3.8, 4) is 0 Å². The van der Waals surface area contributed by atoms with Gasteiger partial charge in [-0.15, -0.1) is 0 Å². The standard InChI is InChI=1S/C13H18N2O2S/c14-12-5-4-9(7-11(12)13(16)17)15-8-10-3-1-2-6-18-10/h4-5,7,10,15H,1-3,6,8,14H2,(H,16,17). The van der Waals surface area contributed by atoms with E-state index in [4.69, 9.17) is 10.8 Å². The Morgan fingerprint density at radius 2 is 2.33 bits per heavy atom. The molecule has 1 aliphatic heterocycles. The van der Waals surface area contributed by atoms with E-state index in [0.717, 1.165) is 12.2 Å². The molecule has 1 fully saturated rings. The number of hydrogen-bond acceptors (Lipinski definition) is 4. The van der Waals surface area contributed by atoms with Gasteiger partial charge in [-0.25, -0.2) is 4.79 Å². The van der Waals surface area contributed by atoms with E-state index in [-0.39, 0.29) is 5.56 Å². The molecule has 5 heteroatoms. The van der Waals surface area contributed by atoms with Crippen LogP contribution < -0.4 is 11.1 Å². The van der Waals surface area contributed by atoms with E-state index in [9.17, 15) is 4.79 Å². The van der Waals surface area contributed by atoms with E-state index in [1.807, 2.05) is 17.8 Å². The number of carboxylic acid groups (broad SMARTS) is 1. The lowest BCUT2D eigenvalue weighted by Crippen LogP contribution is -2.20. The molecule has 1 aliphatic rings. The van der Waals surface area contributed by atoms with Crippen molar-refractivity contribution in [2.24, 2.45) is 0 Å². The van der Waals surface area contributed by atoms with Crippen LogP contribution in [0, 0.1) is 0 Å². The van der Waals surface area contributed by atoms with Crippen molar-refractivity contribution in [1.29, 1.82) is 0 Å². The van der Waals surface area contributed by atoms with Crippen molar-refractivity contribution in [1.82, 2.24) is 0 Å². The summed E-state index contributed by atoms with van der Waals surface area (Å²) in [7, 11) is 0. The van der Waals surface area contributed by atoms with Gasteiger partial charge in [0.15, 0.2) is 0 Å².